The molecule has 2 aromatic rings. The van der Waals surface area contributed by atoms with Gasteiger partial charge in [-0.25, -0.2) is 4.98 Å². The third-order valence-electron chi connectivity index (χ3n) is 6.12. The van der Waals surface area contributed by atoms with E-state index in [0.29, 0.717) is 17.5 Å². The first-order valence-corrected chi connectivity index (χ1v) is 10.4. The van der Waals surface area contributed by atoms with Crippen molar-refractivity contribution in [2.75, 3.05) is 11.9 Å². The molecule has 0 spiro atoms. The van der Waals surface area contributed by atoms with Crippen LogP contribution in [-0.4, -0.2) is 33.6 Å². The summed E-state index contributed by atoms with van der Waals surface area (Å²) in [5, 5.41) is 16.6. The topological polar surface area (TPSA) is 87.1 Å². The number of amides is 1. The van der Waals surface area contributed by atoms with Gasteiger partial charge >= 0.3 is 0 Å². The molecule has 1 aromatic carbocycles. The van der Waals surface area contributed by atoms with E-state index in [1.165, 1.54) is 18.4 Å². The van der Waals surface area contributed by atoms with E-state index in [9.17, 15) is 9.90 Å². The van der Waals surface area contributed by atoms with Crippen molar-refractivity contribution in [2.45, 2.75) is 56.9 Å². The Morgan fingerprint density at radius 2 is 2.04 bits per heavy atom. The molecule has 146 valence electrons. The van der Waals surface area contributed by atoms with Crippen LogP contribution in [0.4, 0.5) is 5.95 Å². The molecule has 2 fully saturated rings. The van der Waals surface area contributed by atoms with Gasteiger partial charge in [0.1, 0.15) is 0 Å². The van der Waals surface area contributed by atoms with Crippen molar-refractivity contribution < 1.29 is 9.90 Å². The highest BCUT2D eigenvalue weighted by Gasteiger charge is 2.39. The fourth-order valence-corrected chi connectivity index (χ4v) is 4.14. The molecule has 1 aromatic heterocycles. The van der Waals surface area contributed by atoms with Crippen LogP contribution in [0, 0.1) is 5.92 Å². The lowest BCUT2D eigenvalue weighted by molar-refractivity contribution is 0.102. The minimum absolute atomic E-state index is 0.00342. The summed E-state index contributed by atoms with van der Waals surface area (Å²) in [4.78, 5) is 21.2. The molecule has 1 heterocycles. The molecule has 0 aliphatic heterocycles. The molecule has 0 unspecified atom stereocenters. The van der Waals surface area contributed by atoms with Gasteiger partial charge < -0.3 is 10.4 Å². The van der Waals surface area contributed by atoms with Gasteiger partial charge in [-0.2, -0.15) is 4.98 Å². The van der Waals surface area contributed by atoms with Gasteiger partial charge in [0.15, 0.2) is 0 Å². The standard InChI is InChI=1S/C22H26N4O2/c27-20(25-22-24-18-7-2-1-6-16(18)21(28)26-22)15-5-3-4-14(10-15)17-11-19(17)23-12-13-8-9-13/h3-5,10,13,17,19,23H,1-2,6-9,11-12H2,(H2,24,25,26,27,28)/t17-,19+/m0/s1. The molecule has 2 atom stereocenters. The second kappa shape index (κ2) is 7.17. The van der Waals surface area contributed by atoms with E-state index in [-0.39, 0.29) is 17.7 Å². The van der Waals surface area contributed by atoms with Crippen molar-refractivity contribution in [3.05, 3.63) is 46.6 Å². The maximum atomic E-state index is 12.7. The highest BCUT2D eigenvalue weighted by atomic mass is 16.3. The Morgan fingerprint density at radius 3 is 2.89 bits per heavy atom. The van der Waals surface area contributed by atoms with E-state index in [1.807, 2.05) is 18.2 Å². The second-order valence-corrected chi connectivity index (χ2v) is 8.38. The summed E-state index contributed by atoms with van der Waals surface area (Å²) in [6.45, 7) is 1.13. The van der Waals surface area contributed by atoms with Gasteiger partial charge in [-0.3, -0.25) is 10.1 Å². The van der Waals surface area contributed by atoms with Crippen LogP contribution in [0.2, 0.25) is 0 Å². The number of rotatable bonds is 6. The van der Waals surface area contributed by atoms with Crippen molar-refractivity contribution >= 4 is 11.9 Å². The third kappa shape index (κ3) is 3.74. The molecule has 3 aliphatic rings. The summed E-state index contributed by atoms with van der Waals surface area (Å²) >= 11 is 0. The van der Waals surface area contributed by atoms with Crippen LogP contribution in [0.5, 0.6) is 5.88 Å². The Kier molecular flexibility index (Phi) is 4.51. The maximum absolute atomic E-state index is 12.7. The number of carbonyl (C=O) groups excluding carboxylic acids is 1. The average molecular weight is 378 g/mol. The number of aryl methyl sites for hydroxylation is 1. The molecule has 3 aliphatic carbocycles. The lowest BCUT2D eigenvalue weighted by Gasteiger charge is -2.16. The summed E-state index contributed by atoms with van der Waals surface area (Å²) in [7, 11) is 0. The summed E-state index contributed by atoms with van der Waals surface area (Å²) in [5.74, 6) is 1.32. The van der Waals surface area contributed by atoms with Crippen molar-refractivity contribution in [2.24, 2.45) is 5.92 Å². The quantitative estimate of drug-likeness (QED) is 0.719. The lowest BCUT2D eigenvalue weighted by Crippen LogP contribution is -2.20. The highest BCUT2D eigenvalue weighted by Crippen LogP contribution is 2.42. The predicted octanol–water partition coefficient (Wildman–Crippen LogP) is 3.17. The fourth-order valence-electron chi connectivity index (χ4n) is 4.14. The number of hydrogen-bond donors (Lipinski definition) is 3. The molecule has 2 saturated carbocycles. The minimum Gasteiger partial charge on any atom is -0.493 e. The van der Waals surface area contributed by atoms with E-state index in [1.54, 1.807) is 0 Å². The van der Waals surface area contributed by atoms with Crippen LogP contribution in [0.15, 0.2) is 24.3 Å². The maximum Gasteiger partial charge on any atom is 0.258 e. The summed E-state index contributed by atoms with van der Waals surface area (Å²) in [6.07, 6.45) is 7.58. The summed E-state index contributed by atoms with van der Waals surface area (Å²) in [5.41, 5.74) is 3.48. The van der Waals surface area contributed by atoms with Crippen LogP contribution in [0.1, 0.15) is 65.2 Å². The highest BCUT2D eigenvalue weighted by molar-refractivity contribution is 6.03. The summed E-state index contributed by atoms with van der Waals surface area (Å²) in [6, 6.07) is 8.36. The Balaban J connectivity index is 1.26. The van der Waals surface area contributed by atoms with Crippen LogP contribution in [0.3, 0.4) is 0 Å². The van der Waals surface area contributed by atoms with E-state index >= 15 is 0 Å². The van der Waals surface area contributed by atoms with Gasteiger partial charge in [-0.15, -0.1) is 0 Å². The van der Waals surface area contributed by atoms with E-state index in [4.69, 9.17) is 0 Å². The van der Waals surface area contributed by atoms with E-state index in [0.717, 1.165) is 55.8 Å². The molecule has 6 nitrogen and oxygen atoms in total. The zero-order valence-corrected chi connectivity index (χ0v) is 15.9. The van der Waals surface area contributed by atoms with Gasteiger partial charge in [-0.1, -0.05) is 12.1 Å². The zero-order valence-electron chi connectivity index (χ0n) is 15.9. The minimum atomic E-state index is -0.236. The monoisotopic (exact) mass is 378 g/mol. The second-order valence-electron chi connectivity index (χ2n) is 8.38. The summed E-state index contributed by atoms with van der Waals surface area (Å²) < 4.78 is 0. The van der Waals surface area contributed by atoms with Crippen LogP contribution >= 0.6 is 0 Å². The Morgan fingerprint density at radius 1 is 1.18 bits per heavy atom. The molecule has 0 radical (unpaired) electrons. The smallest absolute Gasteiger partial charge is 0.258 e. The van der Waals surface area contributed by atoms with Crippen LogP contribution in [0.25, 0.3) is 0 Å². The number of anilines is 1. The van der Waals surface area contributed by atoms with Crippen LogP contribution < -0.4 is 10.6 Å². The SMILES string of the molecule is O=C(Nc1nc(O)c2c(n1)CCCC2)c1cccc([C@@H]2C[C@H]2NCC2CC2)c1. The number of carbonyl (C=O) groups is 1. The van der Waals surface area contributed by atoms with Gasteiger partial charge in [-0.05, 0) is 75.1 Å². The molecule has 0 bridgehead atoms. The Hall–Kier alpha value is -2.47. The van der Waals surface area contributed by atoms with Crippen molar-refractivity contribution in [1.82, 2.24) is 15.3 Å². The molecule has 0 saturated heterocycles. The van der Waals surface area contributed by atoms with Gasteiger partial charge in [0.25, 0.3) is 5.91 Å². The first kappa shape index (κ1) is 17.6. The van der Waals surface area contributed by atoms with Crippen molar-refractivity contribution in [3.8, 4) is 5.88 Å². The molecule has 6 heteroatoms. The molecule has 3 N–H and O–H groups in total. The lowest BCUT2D eigenvalue weighted by atomic mass is 9.97. The van der Waals surface area contributed by atoms with E-state index in [2.05, 4.69) is 26.7 Å². The molecule has 28 heavy (non-hydrogen) atoms. The number of nitrogens with zero attached hydrogens (tertiary/aromatic N) is 2. The number of fused-ring (bicyclic) bond motifs is 1. The van der Waals surface area contributed by atoms with Crippen LogP contribution in [-0.2, 0) is 12.8 Å². The number of aromatic hydroxyl groups is 1. The molecule has 1 amide bonds. The first-order chi connectivity index (χ1) is 13.7. The zero-order chi connectivity index (χ0) is 19.1. The van der Waals surface area contributed by atoms with Crippen molar-refractivity contribution in [3.63, 3.8) is 0 Å². The Labute approximate surface area is 164 Å². The molecular weight excluding hydrogens is 352 g/mol. The van der Waals surface area contributed by atoms with Gasteiger partial charge in [0.05, 0.1) is 5.69 Å². The van der Waals surface area contributed by atoms with Gasteiger partial charge in [0, 0.05) is 23.1 Å². The number of nitrogens with one attached hydrogen (secondary N) is 2. The number of benzene rings is 1. The normalized spacial score (nSPS) is 23.1. The van der Waals surface area contributed by atoms with E-state index < -0.39 is 0 Å². The number of hydrogen-bond acceptors (Lipinski definition) is 5. The largest absolute Gasteiger partial charge is 0.493 e. The van der Waals surface area contributed by atoms with Gasteiger partial charge in [0.2, 0.25) is 11.8 Å². The molecular formula is C22H26N4O2. The predicted molar refractivity (Wildman–Crippen MR) is 107 cm³/mol. The average Bonchev–Trinajstić information content (AvgIpc) is 3.61. The van der Waals surface area contributed by atoms with Crippen molar-refractivity contribution in [1.29, 1.82) is 0 Å². The fraction of sp³-hybridized carbons (Fsp3) is 0.500. The first-order valence-electron chi connectivity index (χ1n) is 10.4. The number of aromatic nitrogens is 2. The Bertz CT molecular complexity index is 909. The molecule has 5 rings (SSSR count). The third-order valence-corrected chi connectivity index (χ3v) is 6.12.